The maximum Gasteiger partial charge on any atom is 0.254 e. The molecule has 4 heteroatoms. The fourth-order valence-corrected chi connectivity index (χ4v) is 2.30. The Morgan fingerprint density at radius 3 is 3.06 bits per heavy atom. The molecule has 1 aliphatic rings. The number of nitrogens with zero attached hydrogens (tertiary/aromatic N) is 1. The van der Waals surface area contributed by atoms with Crippen LogP contribution < -0.4 is 5.32 Å². The highest BCUT2D eigenvalue weighted by atomic mass is 35.5. The zero-order chi connectivity index (χ0) is 12.8. The van der Waals surface area contributed by atoms with Crippen LogP contribution in [-0.4, -0.2) is 17.4 Å². The van der Waals surface area contributed by atoms with E-state index < -0.39 is 0 Å². The van der Waals surface area contributed by atoms with Gasteiger partial charge in [0.2, 0.25) is 0 Å². The number of allylic oxidation sites excluding steroid dienone is 1. The highest BCUT2D eigenvalue weighted by Crippen LogP contribution is 2.19. The molecule has 96 valence electrons. The van der Waals surface area contributed by atoms with Crippen LogP contribution in [0.3, 0.4) is 0 Å². The highest BCUT2D eigenvalue weighted by Gasteiger charge is 2.10. The summed E-state index contributed by atoms with van der Waals surface area (Å²) < 4.78 is 0. The van der Waals surface area contributed by atoms with E-state index in [0.29, 0.717) is 17.1 Å². The first-order valence-corrected chi connectivity index (χ1v) is 6.71. The molecule has 0 bridgehead atoms. The summed E-state index contributed by atoms with van der Waals surface area (Å²) in [4.78, 5) is 15.8. The van der Waals surface area contributed by atoms with Gasteiger partial charge in [0.05, 0.1) is 10.6 Å². The minimum atomic E-state index is -0.149. The van der Waals surface area contributed by atoms with Crippen LogP contribution in [0, 0.1) is 0 Å². The van der Waals surface area contributed by atoms with Gasteiger partial charge in [-0.2, -0.15) is 0 Å². The molecular weight excluding hydrogens is 248 g/mol. The van der Waals surface area contributed by atoms with Crippen LogP contribution in [0.4, 0.5) is 0 Å². The summed E-state index contributed by atoms with van der Waals surface area (Å²) in [6.45, 7) is 0.663. The van der Waals surface area contributed by atoms with E-state index in [2.05, 4.69) is 16.4 Å². The molecule has 1 aromatic rings. The lowest BCUT2D eigenvalue weighted by molar-refractivity contribution is 0.0954. The molecule has 1 heterocycles. The van der Waals surface area contributed by atoms with E-state index in [1.54, 1.807) is 12.3 Å². The fourth-order valence-electron chi connectivity index (χ4n) is 2.11. The minimum Gasteiger partial charge on any atom is -0.352 e. The Hall–Kier alpha value is -1.35. The van der Waals surface area contributed by atoms with Crippen molar-refractivity contribution in [2.45, 2.75) is 32.1 Å². The quantitative estimate of drug-likeness (QED) is 0.848. The maximum atomic E-state index is 11.9. The van der Waals surface area contributed by atoms with Crippen LogP contribution in [0.5, 0.6) is 0 Å². The Morgan fingerprint density at radius 1 is 1.44 bits per heavy atom. The second-order valence-electron chi connectivity index (χ2n) is 4.47. The fraction of sp³-hybridized carbons (Fsp3) is 0.429. The van der Waals surface area contributed by atoms with Crippen molar-refractivity contribution in [3.8, 4) is 0 Å². The topological polar surface area (TPSA) is 42.0 Å². The van der Waals surface area contributed by atoms with Crippen LogP contribution in [0.15, 0.2) is 30.1 Å². The van der Waals surface area contributed by atoms with E-state index in [1.807, 2.05) is 0 Å². The first kappa shape index (κ1) is 13.1. The van der Waals surface area contributed by atoms with Crippen LogP contribution in [-0.2, 0) is 0 Å². The third-order valence-electron chi connectivity index (χ3n) is 3.13. The normalized spacial score (nSPS) is 15.1. The number of amides is 1. The van der Waals surface area contributed by atoms with Gasteiger partial charge in [-0.3, -0.25) is 9.78 Å². The first-order valence-electron chi connectivity index (χ1n) is 6.33. The second kappa shape index (κ2) is 6.55. The molecular formula is C14H17ClN2O. The Labute approximate surface area is 112 Å². The highest BCUT2D eigenvalue weighted by molar-refractivity contribution is 6.33. The van der Waals surface area contributed by atoms with Crippen molar-refractivity contribution < 1.29 is 4.79 Å². The van der Waals surface area contributed by atoms with Crippen molar-refractivity contribution in [3.05, 3.63) is 40.7 Å². The average molecular weight is 265 g/mol. The van der Waals surface area contributed by atoms with Crippen LogP contribution in [0.1, 0.15) is 42.5 Å². The summed E-state index contributed by atoms with van der Waals surface area (Å²) >= 11 is 5.93. The molecule has 1 aromatic heterocycles. The molecule has 3 nitrogen and oxygen atoms in total. The van der Waals surface area contributed by atoms with E-state index in [-0.39, 0.29) is 5.91 Å². The van der Waals surface area contributed by atoms with Gasteiger partial charge in [0, 0.05) is 18.9 Å². The van der Waals surface area contributed by atoms with Gasteiger partial charge in [-0.1, -0.05) is 23.3 Å². The van der Waals surface area contributed by atoms with E-state index in [4.69, 9.17) is 11.6 Å². The Kier molecular flexibility index (Phi) is 4.76. The molecule has 0 spiro atoms. The smallest absolute Gasteiger partial charge is 0.254 e. The minimum absolute atomic E-state index is 0.149. The van der Waals surface area contributed by atoms with Gasteiger partial charge in [-0.05, 0) is 38.2 Å². The standard InChI is InChI=1S/C14H17ClN2O/c15-13-7-8-16-10-12(13)14(18)17-9-6-11-4-2-1-3-5-11/h4,7-8,10H,1-3,5-6,9H2,(H,17,18). The summed E-state index contributed by atoms with van der Waals surface area (Å²) in [5, 5.41) is 3.33. The third kappa shape index (κ3) is 3.57. The number of aromatic nitrogens is 1. The van der Waals surface area contributed by atoms with Gasteiger partial charge < -0.3 is 5.32 Å². The predicted molar refractivity (Wildman–Crippen MR) is 72.7 cm³/mol. The van der Waals surface area contributed by atoms with Gasteiger partial charge in [-0.25, -0.2) is 0 Å². The number of carbonyl (C=O) groups excluding carboxylic acids is 1. The molecule has 2 rings (SSSR count). The monoisotopic (exact) mass is 264 g/mol. The van der Waals surface area contributed by atoms with Crippen molar-refractivity contribution in [2.24, 2.45) is 0 Å². The predicted octanol–water partition coefficient (Wildman–Crippen LogP) is 3.36. The molecule has 0 saturated heterocycles. The first-order chi connectivity index (χ1) is 8.77. The Balaban J connectivity index is 1.82. The maximum absolute atomic E-state index is 11.9. The number of nitrogens with one attached hydrogen (secondary N) is 1. The number of rotatable bonds is 4. The SMILES string of the molecule is O=C(NCCC1=CCCCC1)c1cnccc1Cl. The van der Waals surface area contributed by atoms with Crippen LogP contribution in [0.2, 0.25) is 5.02 Å². The lowest BCUT2D eigenvalue weighted by Crippen LogP contribution is -2.25. The molecule has 18 heavy (non-hydrogen) atoms. The van der Waals surface area contributed by atoms with E-state index in [1.165, 1.54) is 37.5 Å². The summed E-state index contributed by atoms with van der Waals surface area (Å²) in [6, 6.07) is 1.63. The van der Waals surface area contributed by atoms with Crippen molar-refractivity contribution in [1.29, 1.82) is 0 Å². The molecule has 0 aliphatic heterocycles. The van der Waals surface area contributed by atoms with Crippen molar-refractivity contribution >= 4 is 17.5 Å². The lowest BCUT2D eigenvalue weighted by Gasteiger charge is -2.13. The van der Waals surface area contributed by atoms with E-state index >= 15 is 0 Å². The molecule has 0 unspecified atom stereocenters. The molecule has 0 saturated carbocycles. The summed E-state index contributed by atoms with van der Waals surface area (Å²) in [7, 11) is 0. The molecule has 1 N–H and O–H groups in total. The van der Waals surface area contributed by atoms with Gasteiger partial charge in [0.25, 0.3) is 5.91 Å². The van der Waals surface area contributed by atoms with Crippen molar-refractivity contribution in [3.63, 3.8) is 0 Å². The largest absolute Gasteiger partial charge is 0.352 e. The average Bonchev–Trinajstić information content (AvgIpc) is 2.40. The Bertz CT molecular complexity index is 457. The van der Waals surface area contributed by atoms with E-state index in [0.717, 1.165) is 6.42 Å². The number of halogens is 1. The molecule has 0 radical (unpaired) electrons. The second-order valence-corrected chi connectivity index (χ2v) is 4.88. The third-order valence-corrected chi connectivity index (χ3v) is 3.46. The zero-order valence-electron chi connectivity index (χ0n) is 10.3. The lowest BCUT2D eigenvalue weighted by atomic mass is 9.97. The van der Waals surface area contributed by atoms with Gasteiger partial charge >= 0.3 is 0 Å². The molecule has 0 atom stereocenters. The van der Waals surface area contributed by atoms with Gasteiger partial charge in [0.15, 0.2) is 0 Å². The van der Waals surface area contributed by atoms with Gasteiger partial charge in [0.1, 0.15) is 0 Å². The molecule has 1 amide bonds. The molecule has 0 fully saturated rings. The molecule has 1 aliphatic carbocycles. The van der Waals surface area contributed by atoms with Crippen LogP contribution in [0.25, 0.3) is 0 Å². The van der Waals surface area contributed by atoms with E-state index in [9.17, 15) is 4.79 Å². The van der Waals surface area contributed by atoms with Gasteiger partial charge in [-0.15, -0.1) is 0 Å². The van der Waals surface area contributed by atoms with Crippen molar-refractivity contribution in [2.75, 3.05) is 6.54 Å². The zero-order valence-corrected chi connectivity index (χ0v) is 11.0. The van der Waals surface area contributed by atoms with Crippen molar-refractivity contribution in [1.82, 2.24) is 10.3 Å². The number of hydrogen-bond acceptors (Lipinski definition) is 2. The Morgan fingerprint density at radius 2 is 2.33 bits per heavy atom. The summed E-state index contributed by atoms with van der Waals surface area (Å²) in [6.07, 6.45) is 11.2. The summed E-state index contributed by atoms with van der Waals surface area (Å²) in [5.74, 6) is -0.149. The number of carbonyl (C=O) groups is 1. The number of hydrogen-bond donors (Lipinski definition) is 1. The molecule has 0 aromatic carbocycles. The summed E-state index contributed by atoms with van der Waals surface area (Å²) in [5.41, 5.74) is 1.90. The number of pyridine rings is 1. The van der Waals surface area contributed by atoms with Crippen LogP contribution >= 0.6 is 11.6 Å².